The molecule has 0 aliphatic rings. The van der Waals surface area contributed by atoms with Crippen LogP contribution in [0.3, 0.4) is 0 Å². The lowest BCUT2D eigenvalue weighted by Gasteiger charge is -2.25. The molecule has 0 aliphatic carbocycles. The Labute approximate surface area is 181 Å². The third-order valence-corrected chi connectivity index (χ3v) is 5.05. The van der Waals surface area contributed by atoms with Gasteiger partial charge in [-0.05, 0) is 12.1 Å². The average molecular weight is 420 g/mol. The number of nitro benzene ring substituents is 1. The fraction of sp³-hybridized carbons (Fsp3) is 0.208. The summed E-state index contributed by atoms with van der Waals surface area (Å²) >= 11 is 0. The Morgan fingerprint density at radius 1 is 0.903 bits per heavy atom. The molecule has 0 aliphatic heterocycles. The molecule has 1 atom stereocenters. The van der Waals surface area contributed by atoms with E-state index >= 15 is 0 Å². The van der Waals surface area contributed by atoms with Crippen LogP contribution in [0.1, 0.15) is 17.2 Å². The van der Waals surface area contributed by atoms with Crippen LogP contribution >= 0.6 is 0 Å². The van der Waals surface area contributed by atoms with E-state index in [1.54, 1.807) is 12.1 Å². The lowest BCUT2D eigenvalue weighted by Crippen LogP contribution is -3.10. The van der Waals surface area contributed by atoms with Crippen LogP contribution in [0.5, 0.6) is 0 Å². The summed E-state index contributed by atoms with van der Waals surface area (Å²) in [5, 5.41) is 16.8. The number of hydrogen-bond donors (Lipinski definition) is 3. The number of amides is 1. The summed E-state index contributed by atoms with van der Waals surface area (Å²) < 4.78 is 0. The molecule has 1 amide bonds. The molecule has 3 aromatic rings. The first-order chi connectivity index (χ1) is 15.0. The van der Waals surface area contributed by atoms with Crippen molar-refractivity contribution in [1.29, 1.82) is 0 Å². The minimum Gasteiger partial charge on any atom is -0.383 e. The number of nitrogens with zero attached hydrogens (tertiary/aromatic N) is 1. The van der Waals surface area contributed by atoms with Gasteiger partial charge in [-0.1, -0.05) is 60.7 Å². The van der Waals surface area contributed by atoms with Crippen molar-refractivity contribution in [2.45, 2.75) is 6.04 Å². The Bertz CT molecular complexity index is 939. The smallest absolute Gasteiger partial charge is 0.275 e. The van der Waals surface area contributed by atoms with Crippen LogP contribution in [0, 0.1) is 10.1 Å². The van der Waals surface area contributed by atoms with Crippen molar-refractivity contribution in [3.63, 3.8) is 0 Å². The lowest BCUT2D eigenvalue weighted by atomic mass is 9.97. The van der Waals surface area contributed by atoms with Gasteiger partial charge in [0.1, 0.15) is 6.04 Å². The second kappa shape index (κ2) is 10.9. The highest BCUT2D eigenvalue weighted by molar-refractivity contribution is 5.76. The van der Waals surface area contributed by atoms with Gasteiger partial charge < -0.3 is 15.5 Å². The van der Waals surface area contributed by atoms with Crippen LogP contribution in [0.2, 0.25) is 0 Å². The molecule has 0 fully saturated rings. The summed E-state index contributed by atoms with van der Waals surface area (Å²) in [5.41, 5.74) is 3.16. The Morgan fingerprint density at radius 3 is 1.97 bits per heavy atom. The zero-order valence-electron chi connectivity index (χ0n) is 17.5. The van der Waals surface area contributed by atoms with Crippen molar-refractivity contribution in [2.24, 2.45) is 0 Å². The number of carbonyl (C=O) groups excluding carboxylic acids is 1. The molecule has 0 spiro atoms. The van der Waals surface area contributed by atoms with E-state index in [1.807, 2.05) is 43.4 Å². The summed E-state index contributed by atoms with van der Waals surface area (Å²) in [5.74, 6) is -0.0279. The molecule has 3 N–H and O–H groups in total. The zero-order valence-corrected chi connectivity index (χ0v) is 17.5. The maximum absolute atomic E-state index is 12.5. The predicted molar refractivity (Wildman–Crippen MR) is 121 cm³/mol. The summed E-state index contributed by atoms with van der Waals surface area (Å²) in [7, 11) is 2.03. The summed E-state index contributed by atoms with van der Waals surface area (Å²) in [6.07, 6.45) is 0. The van der Waals surface area contributed by atoms with Gasteiger partial charge in [-0.15, -0.1) is 0 Å². The standard InChI is InChI=1S/C24H26N4O3/c1-27(24(19-8-4-2-5-9-19)20-10-6-3-7-11-20)18-23(29)26-17-16-25-21-12-14-22(15-13-21)28(30)31/h2-15,24-25H,16-18H2,1H3,(H,26,29)/p+1. The fourth-order valence-corrected chi connectivity index (χ4v) is 3.58. The van der Waals surface area contributed by atoms with Crippen LogP contribution in [0.4, 0.5) is 11.4 Å². The van der Waals surface area contributed by atoms with Crippen LogP contribution in [0.15, 0.2) is 84.9 Å². The van der Waals surface area contributed by atoms with E-state index in [2.05, 4.69) is 34.9 Å². The molecule has 7 nitrogen and oxygen atoms in total. The van der Waals surface area contributed by atoms with Gasteiger partial charge >= 0.3 is 0 Å². The number of anilines is 1. The minimum atomic E-state index is -0.430. The van der Waals surface area contributed by atoms with Gasteiger partial charge in [0.2, 0.25) is 0 Å². The topological polar surface area (TPSA) is 88.7 Å². The van der Waals surface area contributed by atoms with Crippen molar-refractivity contribution in [3.8, 4) is 0 Å². The number of carbonyl (C=O) groups is 1. The fourth-order valence-electron chi connectivity index (χ4n) is 3.58. The van der Waals surface area contributed by atoms with Crippen molar-refractivity contribution >= 4 is 17.3 Å². The van der Waals surface area contributed by atoms with E-state index in [9.17, 15) is 14.9 Å². The second-order valence-electron chi connectivity index (χ2n) is 7.36. The van der Waals surface area contributed by atoms with Crippen molar-refractivity contribution in [3.05, 3.63) is 106 Å². The van der Waals surface area contributed by atoms with Gasteiger partial charge in [0, 0.05) is 42.0 Å². The normalized spacial score (nSPS) is 11.7. The maximum atomic E-state index is 12.5. The Morgan fingerprint density at radius 2 is 1.45 bits per heavy atom. The molecule has 3 aromatic carbocycles. The van der Waals surface area contributed by atoms with Gasteiger partial charge in [-0.3, -0.25) is 14.9 Å². The number of nitro groups is 1. The summed E-state index contributed by atoms with van der Waals surface area (Å²) in [4.78, 5) is 23.9. The molecular formula is C24H27N4O3+. The number of non-ortho nitro benzene ring substituents is 1. The van der Waals surface area contributed by atoms with Crippen LogP contribution in [-0.4, -0.2) is 37.5 Å². The van der Waals surface area contributed by atoms with Gasteiger partial charge in [0.05, 0.1) is 12.0 Å². The highest BCUT2D eigenvalue weighted by atomic mass is 16.6. The number of benzene rings is 3. The highest BCUT2D eigenvalue weighted by Gasteiger charge is 2.24. The average Bonchev–Trinajstić information content (AvgIpc) is 2.78. The molecular weight excluding hydrogens is 392 g/mol. The Hall–Kier alpha value is -3.71. The predicted octanol–water partition coefficient (Wildman–Crippen LogP) is 2.43. The largest absolute Gasteiger partial charge is 0.383 e. The molecule has 0 saturated carbocycles. The molecule has 0 heterocycles. The number of hydrogen-bond acceptors (Lipinski definition) is 4. The lowest BCUT2D eigenvalue weighted by molar-refractivity contribution is -0.898. The molecule has 31 heavy (non-hydrogen) atoms. The van der Waals surface area contributed by atoms with Crippen molar-refractivity contribution in [2.75, 3.05) is 32.0 Å². The highest BCUT2D eigenvalue weighted by Crippen LogP contribution is 2.18. The monoisotopic (exact) mass is 419 g/mol. The number of rotatable bonds is 10. The zero-order chi connectivity index (χ0) is 22.1. The van der Waals surface area contributed by atoms with Crippen molar-refractivity contribution in [1.82, 2.24) is 5.32 Å². The van der Waals surface area contributed by atoms with E-state index in [4.69, 9.17) is 0 Å². The second-order valence-corrected chi connectivity index (χ2v) is 7.36. The van der Waals surface area contributed by atoms with Crippen LogP contribution in [-0.2, 0) is 4.79 Å². The molecule has 0 aromatic heterocycles. The number of likely N-dealkylation sites (N-methyl/N-ethyl adjacent to an activating group) is 1. The summed E-state index contributed by atoms with van der Waals surface area (Å²) in [6, 6.07) is 26.7. The van der Waals surface area contributed by atoms with E-state index in [0.29, 0.717) is 19.6 Å². The number of nitrogens with one attached hydrogen (secondary N) is 3. The minimum absolute atomic E-state index is 0.0279. The third-order valence-electron chi connectivity index (χ3n) is 5.05. The molecule has 0 saturated heterocycles. The van der Waals surface area contributed by atoms with Crippen LogP contribution < -0.4 is 15.5 Å². The molecule has 3 rings (SSSR count). The summed E-state index contributed by atoms with van der Waals surface area (Å²) in [6.45, 7) is 1.33. The molecule has 0 bridgehead atoms. The first-order valence-electron chi connectivity index (χ1n) is 10.2. The quantitative estimate of drug-likeness (QED) is 0.268. The molecule has 7 heteroatoms. The van der Waals surface area contributed by atoms with Gasteiger partial charge in [-0.25, -0.2) is 0 Å². The van der Waals surface area contributed by atoms with Gasteiger partial charge in [-0.2, -0.15) is 0 Å². The molecule has 0 radical (unpaired) electrons. The Balaban J connectivity index is 1.52. The first kappa shape index (κ1) is 22.0. The van der Waals surface area contributed by atoms with E-state index in [0.717, 1.165) is 10.6 Å². The van der Waals surface area contributed by atoms with Crippen LogP contribution in [0.25, 0.3) is 0 Å². The van der Waals surface area contributed by atoms with Crippen molar-refractivity contribution < 1.29 is 14.6 Å². The van der Waals surface area contributed by atoms with Gasteiger partial charge in [0.15, 0.2) is 6.54 Å². The SMILES string of the molecule is C[NH+](CC(=O)NCCNc1ccc([N+](=O)[O-])cc1)C(c1ccccc1)c1ccccc1. The number of quaternary nitrogens is 1. The first-order valence-corrected chi connectivity index (χ1v) is 10.2. The van der Waals surface area contributed by atoms with E-state index in [-0.39, 0.29) is 17.6 Å². The van der Waals surface area contributed by atoms with E-state index in [1.165, 1.54) is 23.3 Å². The molecule has 160 valence electrons. The third kappa shape index (κ3) is 6.38. The van der Waals surface area contributed by atoms with E-state index < -0.39 is 4.92 Å². The molecule has 1 unspecified atom stereocenters. The van der Waals surface area contributed by atoms with Gasteiger partial charge in [0.25, 0.3) is 11.6 Å². The maximum Gasteiger partial charge on any atom is 0.275 e. The Kier molecular flexibility index (Phi) is 7.73.